The molecule has 0 aliphatic carbocycles. The van der Waals surface area contributed by atoms with E-state index in [0.29, 0.717) is 0 Å². The van der Waals surface area contributed by atoms with E-state index in [1.807, 2.05) is 34.6 Å². The Morgan fingerprint density at radius 3 is 2.29 bits per heavy atom. The highest BCUT2D eigenvalue weighted by Crippen LogP contribution is 2.07. The summed E-state index contributed by atoms with van der Waals surface area (Å²) >= 11 is 0. The van der Waals surface area contributed by atoms with Gasteiger partial charge in [0, 0.05) is 12.1 Å². The van der Waals surface area contributed by atoms with Gasteiger partial charge in [0.15, 0.2) is 0 Å². The zero-order valence-corrected chi connectivity index (χ0v) is 9.76. The lowest BCUT2D eigenvalue weighted by atomic mass is 10.1. The van der Waals surface area contributed by atoms with Crippen molar-refractivity contribution in [1.82, 2.24) is 5.32 Å². The fourth-order valence-corrected chi connectivity index (χ4v) is 1.13. The molecule has 0 bridgehead atoms. The lowest BCUT2D eigenvalue weighted by Gasteiger charge is -2.22. The van der Waals surface area contributed by atoms with E-state index in [1.165, 1.54) is 0 Å². The molecule has 2 atom stereocenters. The average molecular weight is 202 g/mol. The molecule has 0 fully saturated rings. The first-order valence-corrected chi connectivity index (χ1v) is 4.96. The Hall–Kier alpha value is -0.770. The molecule has 4 nitrogen and oxygen atoms in total. The fourth-order valence-electron chi connectivity index (χ4n) is 1.13. The average Bonchev–Trinajstić information content (AvgIpc) is 1.77. The van der Waals surface area contributed by atoms with Crippen LogP contribution >= 0.6 is 0 Å². The van der Waals surface area contributed by atoms with Gasteiger partial charge in [0.2, 0.25) is 0 Å². The van der Waals surface area contributed by atoms with E-state index in [0.717, 1.165) is 6.42 Å². The lowest BCUT2D eigenvalue weighted by Crippen LogP contribution is -2.39. The van der Waals surface area contributed by atoms with Gasteiger partial charge in [-0.05, 0) is 41.0 Å². The first-order chi connectivity index (χ1) is 6.20. The minimum atomic E-state index is -0.446. The van der Waals surface area contributed by atoms with Crippen molar-refractivity contribution in [3.63, 3.8) is 0 Å². The summed E-state index contributed by atoms with van der Waals surface area (Å²) in [6.07, 6.45) is 0.366. The van der Waals surface area contributed by atoms with Gasteiger partial charge in [-0.25, -0.2) is 4.79 Å². The lowest BCUT2D eigenvalue weighted by molar-refractivity contribution is 0.0505. The Morgan fingerprint density at radius 2 is 1.93 bits per heavy atom. The molecule has 2 unspecified atom stereocenters. The van der Waals surface area contributed by atoms with Gasteiger partial charge in [-0.2, -0.15) is 0 Å². The standard InChI is InChI=1S/C10H22N2O2/c1-7(11)6-8(2)12-9(13)14-10(3,4)5/h7-8H,6,11H2,1-5H3,(H,12,13). The highest BCUT2D eigenvalue weighted by atomic mass is 16.6. The Labute approximate surface area is 86.2 Å². The molecule has 84 valence electrons. The van der Waals surface area contributed by atoms with E-state index in [9.17, 15) is 4.79 Å². The molecule has 0 saturated carbocycles. The highest BCUT2D eigenvalue weighted by Gasteiger charge is 2.17. The summed E-state index contributed by atoms with van der Waals surface area (Å²) in [6, 6.07) is 0.129. The van der Waals surface area contributed by atoms with Crippen molar-refractivity contribution >= 4 is 6.09 Å². The molecule has 4 heteroatoms. The SMILES string of the molecule is CC(N)CC(C)NC(=O)OC(C)(C)C. The van der Waals surface area contributed by atoms with Crippen molar-refractivity contribution in [2.45, 2.75) is 58.7 Å². The van der Waals surface area contributed by atoms with Gasteiger partial charge >= 0.3 is 6.09 Å². The van der Waals surface area contributed by atoms with Crippen LogP contribution in [0.1, 0.15) is 41.0 Å². The third kappa shape index (κ3) is 7.86. The summed E-state index contributed by atoms with van der Waals surface area (Å²) in [6.45, 7) is 9.33. The first-order valence-electron chi connectivity index (χ1n) is 4.96. The van der Waals surface area contributed by atoms with Crippen molar-refractivity contribution < 1.29 is 9.53 Å². The number of carbonyl (C=O) groups is 1. The third-order valence-corrected chi connectivity index (χ3v) is 1.49. The van der Waals surface area contributed by atoms with Crippen molar-refractivity contribution in [3.05, 3.63) is 0 Å². The Kier molecular flexibility index (Phi) is 4.91. The molecule has 0 radical (unpaired) electrons. The molecule has 0 aliphatic rings. The van der Waals surface area contributed by atoms with Gasteiger partial charge in [-0.3, -0.25) is 0 Å². The van der Waals surface area contributed by atoms with Crippen molar-refractivity contribution in [3.8, 4) is 0 Å². The second kappa shape index (κ2) is 5.20. The maximum atomic E-state index is 11.3. The Morgan fingerprint density at radius 1 is 1.43 bits per heavy atom. The molecule has 1 amide bonds. The predicted octanol–water partition coefficient (Wildman–Crippen LogP) is 1.64. The second-order valence-corrected chi connectivity index (χ2v) is 4.76. The fraction of sp³-hybridized carbons (Fsp3) is 0.900. The zero-order valence-electron chi connectivity index (χ0n) is 9.76. The summed E-state index contributed by atoms with van der Waals surface area (Å²) in [7, 11) is 0. The molecule has 0 spiro atoms. The van der Waals surface area contributed by atoms with Crippen LogP contribution < -0.4 is 11.1 Å². The number of rotatable bonds is 3. The van der Waals surface area contributed by atoms with Gasteiger partial charge in [0.25, 0.3) is 0 Å². The van der Waals surface area contributed by atoms with Crippen LogP contribution in [0.2, 0.25) is 0 Å². The topological polar surface area (TPSA) is 64.3 Å². The van der Waals surface area contributed by atoms with Crippen LogP contribution in [0.3, 0.4) is 0 Å². The van der Waals surface area contributed by atoms with Gasteiger partial charge in [-0.1, -0.05) is 0 Å². The molecule has 14 heavy (non-hydrogen) atoms. The van der Waals surface area contributed by atoms with E-state index in [4.69, 9.17) is 10.5 Å². The van der Waals surface area contributed by atoms with Crippen molar-refractivity contribution in [2.75, 3.05) is 0 Å². The first kappa shape index (κ1) is 13.2. The van der Waals surface area contributed by atoms with Crippen LogP contribution in [0.25, 0.3) is 0 Å². The van der Waals surface area contributed by atoms with E-state index in [-0.39, 0.29) is 18.2 Å². The van der Waals surface area contributed by atoms with E-state index in [1.54, 1.807) is 0 Å². The van der Waals surface area contributed by atoms with Gasteiger partial charge < -0.3 is 15.8 Å². The molecule has 0 rings (SSSR count). The molecule has 3 N–H and O–H groups in total. The predicted molar refractivity (Wildman–Crippen MR) is 57.1 cm³/mol. The highest BCUT2D eigenvalue weighted by molar-refractivity contribution is 5.67. The van der Waals surface area contributed by atoms with Crippen molar-refractivity contribution in [1.29, 1.82) is 0 Å². The van der Waals surface area contributed by atoms with Crippen LogP contribution in [0.15, 0.2) is 0 Å². The summed E-state index contributed by atoms with van der Waals surface area (Å²) in [5, 5.41) is 2.73. The van der Waals surface area contributed by atoms with Gasteiger partial charge in [-0.15, -0.1) is 0 Å². The molecular weight excluding hydrogens is 180 g/mol. The number of hydrogen-bond acceptors (Lipinski definition) is 3. The normalized spacial score (nSPS) is 15.9. The number of nitrogens with one attached hydrogen (secondary N) is 1. The number of ether oxygens (including phenoxy) is 1. The number of nitrogens with two attached hydrogens (primary N) is 1. The summed E-state index contributed by atoms with van der Waals surface area (Å²) in [4.78, 5) is 11.3. The van der Waals surface area contributed by atoms with Crippen LogP contribution in [-0.4, -0.2) is 23.8 Å². The smallest absolute Gasteiger partial charge is 0.407 e. The molecule has 0 aliphatic heterocycles. The third-order valence-electron chi connectivity index (χ3n) is 1.49. The number of hydrogen-bond donors (Lipinski definition) is 2. The zero-order chi connectivity index (χ0) is 11.4. The maximum absolute atomic E-state index is 11.3. The number of alkyl carbamates (subject to hydrolysis) is 1. The van der Waals surface area contributed by atoms with Crippen LogP contribution in [0.5, 0.6) is 0 Å². The van der Waals surface area contributed by atoms with Gasteiger partial charge in [0.1, 0.15) is 5.60 Å². The van der Waals surface area contributed by atoms with Crippen LogP contribution in [-0.2, 0) is 4.74 Å². The molecule has 0 aromatic rings. The van der Waals surface area contributed by atoms with E-state index >= 15 is 0 Å². The van der Waals surface area contributed by atoms with E-state index in [2.05, 4.69) is 5.32 Å². The number of carbonyl (C=O) groups excluding carboxylic acids is 1. The monoisotopic (exact) mass is 202 g/mol. The largest absolute Gasteiger partial charge is 0.444 e. The summed E-state index contributed by atoms with van der Waals surface area (Å²) in [5.74, 6) is 0. The quantitative estimate of drug-likeness (QED) is 0.731. The maximum Gasteiger partial charge on any atom is 0.407 e. The summed E-state index contributed by atoms with van der Waals surface area (Å²) in [5.41, 5.74) is 5.16. The second-order valence-electron chi connectivity index (χ2n) is 4.76. The Bertz CT molecular complexity index is 185. The van der Waals surface area contributed by atoms with E-state index < -0.39 is 5.60 Å². The summed E-state index contributed by atoms with van der Waals surface area (Å²) < 4.78 is 5.10. The minimum Gasteiger partial charge on any atom is -0.444 e. The molecule has 0 saturated heterocycles. The molecular formula is C10H22N2O2. The number of amides is 1. The minimum absolute atomic E-state index is 0.0462. The van der Waals surface area contributed by atoms with Crippen LogP contribution in [0, 0.1) is 0 Å². The Balaban J connectivity index is 3.83. The molecule has 0 heterocycles. The van der Waals surface area contributed by atoms with Crippen LogP contribution in [0.4, 0.5) is 4.79 Å². The molecule has 0 aromatic carbocycles. The molecule has 0 aromatic heterocycles. The van der Waals surface area contributed by atoms with Crippen molar-refractivity contribution in [2.24, 2.45) is 5.73 Å². The van der Waals surface area contributed by atoms with Gasteiger partial charge in [0.05, 0.1) is 0 Å².